The Morgan fingerprint density at radius 2 is 1.39 bits per heavy atom. The smallest absolute Gasteiger partial charge is 0.410 e. The molecule has 0 saturated heterocycles. The largest absolute Gasteiger partial charge is 0.450 e. The van der Waals surface area contributed by atoms with Gasteiger partial charge in [-0.15, -0.1) is 0 Å². The molecular formula is C33H57N5O8. The van der Waals surface area contributed by atoms with Crippen LogP contribution in [0.5, 0.6) is 0 Å². The van der Waals surface area contributed by atoms with Gasteiger partial charge < -0.3 is 35.1 Å². The van der Waals surface area contributed by atoms with E-state index in [0.717, 1.165) is 12.0 Å². The highest BCUT2D eigenvalue weighted by molar-refractivity contribution is 5.69. The van der Waals surface area contributed by atoms with Crippen LogP contribution in [0.15, 0.2) is 24.3 Å². The number of rotatable bonds is 17. The van der Waals surface area contributed by atoms with Crippen molar-refractivity contribution in [3.63, 3.8) is 0 Å². The van der Waals surface area contributed by atoms with Crippen LogP contribution >= 0.6 is 0 Å². The second-order valence-electron chi connectivity index (χ2n) is 14.3. The molecule has 1 aromatic rings. The van der Waals surface area contributed by atoms with Crippen molar-refractivity contribution in [1.29, 1.82) is 0 Å². The normalized spacial score (nSPS) is 12.5. The number of hydrogen-bond donors (Lipinski definition) is 3. The number of nitrogens with one attached hydrogen (secondary N) is 3. The Balaban J connectivity index is 2.57. The summed E-state index contributed by atoms with van der Waals surface area (Å²) in [7, 11) is 0. The molecule has 1 unspecified atom stereocenters. The van der Waals surface area contributed by atoms with Gasteiger partial charge in [0.15, 0.2) is 0 Å². The maximum Gasteiger partial charge on any atom is 0.410 e. The Morgan fingerprint density at radius 1 is 0.804 bits per heavy atom. The third-order valence-electron chi connectivity index (χ3n) is 6.64. The van der Waals surface area contributed by atoms with Gasteiger partial charge in [-0.25, -0.2) is 14.4 Å². The fourth-order valence-corrected chi connectivity index (χ4v) is 4.54. The number of hydrogen-bond acceptors (Lipinski definition) is 9. The van der Waals surface area contributed by atoms with Crippen LogP contribution < -0.4 is 16.0 Å². The topological polar surface area (TPSA) is 161 Å². The summed E-state index contributed by atoms with van der Waals surface area (Å²) in [5.74, 6) is 0. The van der Waals surface area contributed by atoms with Crippen molar-refractivity contribution in [3.05, 3.63) is 39.9 Å². The zero-order chi connectivity index (χ0) is 35.0. The Kier molecular flexibility index (Phi) is 16.8. The molecule has 0 fully saturated rings. The molecule has 1 atom stereocenters. The molecule has 13 heteroatoms. The maximum absolute atomic E-state index is 13.4. The standard InChI is InChI=1S/C33H57N5O8/c1-31(2,3)27(13-10-24-44-28(39)35-20-11-21-36-29(40)45-32(4,5)6)37(30(41)46-33(7,8)9)23-12-19-34-22-18-25-14-16-26(17-15-25)38(42)43/h14-17,27,34H,10-13,18-24H2,1-9H3,(H,35,39)(H,36,40). The van der Waals surface area contributed by atoms with Crippen molar-refractivity contribution in [1.82, 2.24) is 20.9 Å². The lowest BCUT2D eigenvalue weighted by Crippen LogP contribution is -2.50. The third kappa shape index (κ3) is 18.4. The Morgan fingerprint density at radius 3 is 1.93 bits per heavy atom. The molecule has 3 amide bonds. The van der Waals surface area contributed by atoms with Crippen LogP contribution in [0, 0.1) is 15.5 Å². The minimum Gasteiger partial charge on any atom is -0.450 e. The second-order valence-corrected chi connectivity index (χ2v) is 14.3. The first kappa shape index (κ1) is 40.4. The molecule has 0 bridgehead atoms. The number of nitrogens with zero attached hydrogens (tertiary/aromatic N) is 2. The van der Waals surface area contributed by atoms with E-state index < -0.39 is 28.3 Å². The number of ether oxygens (including phenoxy) is 3. The number of carbonyl (C=O) groups excluding carboxylic acids is 3. The van der Waals surface area contributed by atoms with Crippen LogP contribution in [-0.4, -0.2) is 84.7 Å². The quantitative estimate of drug-likeness (QED) is 0.0772. The Labute approximate surface area is 274 Å². The van der Waals surface area contributed by atoms with Crippen molar-refractivity contribution in [2.24, 2.45) is 5.41 Å². The number of amides is 3. The molecule has 3 N–H and O–H groups in total. The van der Waals surface area contributed by atoms with Gasteiger partial charge in [0.1, 0.15) is 11.2 Å². The van der Waals surface area contributed by atoms with E-state index in [2.05, 4.69) is 36.7 Å². The van der Waals surface area contributed by atoms with E-state index in [0.29, 0.717) is 58.4 Å². The lowest BCUT2D eigenvalue weighted by Gasteiger charge is -2.41. The summed E-state index contributed by atoms with van der Waals surface area (Å²) in [5.41, 5.74) is -0.399. The molecule has 0 radical (unpaired) electrons. The second kappa shape index (κ2) is 19.1. The summed E-state index contributed by atoms with van der Waals surface area (Å²) < 4.78 is 16.3. The molecule has 46 heavy (non-hydrogen) atoms. The molecule has 13 nitrogen and oxygen atoms in total. The zero-order valence-electron chi connectivity index (χ0n) is 29.3. The molecule has 262 valence electrons. The zero-order valence-corrected chi connectivity index (χ0v) is 29.3. The summed E-state index contributed by atoms with van der Waals surface area (Å²) >= 11 is 0. The summed E-state index contributed by atoms with van der Waals surface area (Å²) in [6.45, 7) is 19.9. The van der Waals surface area contributed by atoms with Gasteiger partial charge in [-0.3, -0.25) is 10.1 Å². The predicted octanol–water partition coefficient (Wildman–Crippen LogP) is 6.19. The van der Waals surface area contributed by atoms with Crippen molar-refractivity contribution < 1.29 is 33.5 Å². The van der Waals surface area contributed by atoms with E-state index in [9.17, 15) is 24.5 Å². The number of benzene rings is 1. The third-order valence-corrected chi connectivity index (χ3v) is 6.64. The van der Waals surface area contributed by atoms with Crippen LogP contribution in [0.4, 0.5) is 20.1 Å². The number of non-ortho nitro benzene ring substituents is 1. The SMILES string of the molecule is CC(C)(C)OC(=O)NCCCNC(=O)OCCCC(N(CCCNCCc1ccc([N+](=O)[O-])cc1)C(=O)OC(C)(C)C)C(C)(C)C. The Hall–Kier alpha value is -3.61. The van der Waals surface area contributed by atoms with Gasteiger partial charge in [-0.1, -0.05) is 32.9 Å². The molecule has 0 aromatic heterocycles. The highest BCUT2D eigenvalue weighted by atomic mass is 16.6. The monoisotopic (exact) mass is 651 g/mol. The fourth-order valence-electron chi connectivity index (χ4n) is 4.54. The number of carbonyl (C=O) groups is 3. The number of nitro benzene ring substituents is 1. The van der Waals surface area contributed by atoms with Gasteiger partial charge in [-0.2, -0.15) is 0 Å². The fraction of sp³-hybridized carbons (Fsp3) is 0.727. The molecule has 0 aliphatic heterocycles. The molecule has 0 aliphatic rings. The van der Waals surface area contributed by atoms with Gasteiger partial charge in [-0.05, 0) is 97.7 Å². The first-order chi connectivity index (χ1) is 21.3. The predicted molar refractivity (Wildman–Crippen MR) is 178 cm³/mol. The maximum atomic E-state index is 13.4. The molecular weight excluding hydrogens is 594 g/mol. The van der Waals surface area contributed by atoms with Gasteiger partial charge in [0.25, 0.3) is 5.69 Å². The number of nitro groups is 1. The minimum atomic E-state index is -0.648. The molecule has 0 heterocycles. The van der Waals surface area contributed by atoms with E-state index in [1.807, 2.05) is 20.8 Å². The van der Waals surface area contributed by atoms with Crippen LogP contribution in [-0.2, 0) is 20.6 Å². The van der Waals surface area contributed by atoms with Gasteiger partial charge in [0, 0.05) is 37.8 Å². The molecule has 0 aliphatic carbocycles. The van der Waals surface area contributed by atoms with Crippen LogP contribution in [0.25, 0.3) is 0 Å². The van der Waals surface area contributed by atoms with E-state index in [1.165, 1.54) is 12.1 Å². The van der Waals surface area contributed by atoms with E-state index in [1.54, 1.807) is 37.8 Å². The van der Waals surface area contributed by atoms with Crippen molar-refractivity contribution in [2.45, 2.75) is 112 Å². The van der Waals surface area contributed by atoms with Crippen molar-refractivity contribution in [2.75, 3.05) is 39.3 Å². The highest BCUT2D eigenvalue weighted by Crippen LogP contribution is 2.30. The van der Waals surface area contributed by atoms with E-state index in [-0.39, 0.29) is 29.8 Å². The van der Waals surface area contributed by atoms with E-state index >= 15 is 0 Å². The molecule has 0 saturated carbocycles. The summed E-state index contributed by atoms with van der Waals surface area (Å²) in [4.78, 5) is 49.4. The van der Waals surface area contributed by atoms with Crippen molar-refractivity contribution in [3.8, 4) is 0 Å². The van der Waals surface area contributed by atoms with Crippen LogP contribution in [0.1, 0.15) is 93.6 Å². The van der Waals surface area contributed by atoms with Gasteiger partial charge in [0.05, 0.1) is 11.5 Å². The van der Waals surface area contributed by atoms with Crippen LogP contribution in [0.3, 0.4) is 0 Å². The first-order valence-electron chi connectivity index (χ1n) is 16.1. The minimum absolute atomic E-state index is 0.0729. The molecule has 1 rings (SSSR count). The van der Waals surface area contributed by atoms with E-state index in [4.69, 9.17) is 14.2 Å². The van der Waals surface area contributed by atoms with Gasteiger partial charge >= 0.3 is 18.3 Å². The van der Waals surface area contributed by atoms with Crippen molar-refractivity contribution >= 4 is 24.0 Å². The van der Waals surface area contributed by atoms with Crippen LogP contribution in [0.2, 0.25) is 0 Å². The summed E-state index contributed by atoms with van der Waals surface area (Å²) in [6, 6.07) is 6.38. The first-order valence-corrected chi connectivity index (χ1v) is 16.1. The lowest BCUT2D eigenvalue weighted by molar-refractivity contribution is -0.384. The molecule has 0 spiro atoms. The summed E-state index contributed by atoms with van der Waals surface area (Å²) in [5, 5.41) is 19.6. The average molecular weight is 652 g/mol. The highest BCUT2D eigenvalue weighted by Gasteiger charge is 2.35. The van der Waals surface area contributed by atoms with Gasteiger partial charge in [0.2, 0.25) is 0 Å². The average Bonchev–Trinajstić information content (AvgIpc) is 2.90. The summed E-state index contributed by atoms with van der Waals surface area (Å²) in [6.07, 6.45) is 1.72. The lowest BCUT2D eigenvalue weighted by atomic mass is 9.83. The number of alkyl carbamates (subject to hydrolysis) is 2. The molecule has 1 aromatic carbocycles. The Bertz CT molecular complexity index is 1090.